The molecule has 156 valence electrons. The van der Waals surface area contributed by atoms with E-state index in [2.05, 4.69) is 19.1 Å². The maximum absolute atomic E-state index is 12.3. The molecule has 0 saturated heterocycles. The van der Waals surface area contributed by atoms with Crippen molar-refractivity contribution in [3.63, 3.8) is 0 Å². The van der Waals surface area contributed by atoms with Crippen molar-refractivity contribution in [1.82, 2.24) is 4.90 Å². The summed E-state index contributed by atoms with van der Waals surface area (Å²) >= 11 is 1.35. The van der Waals surface area contributed by atoms with Gasteiger partial charge in [0, 0.05) is 13.1 Å². The SMILES string of the molecule is CCCCCCCOc1ccc(CC/C=C(\SC)C(=O)N(C=O)CCN)cc1. The van der Waals surface area contributed by atoms with Crippen LogP contribution < -0.4 is 10.5 Å². The van der Waals surface area contributed by atoms with Crippen LogP contribution in [-0.2, 0) is 16.0 Å². The number of nitrogens with zero attached hydrogens (tertiary/aromatic N) is 1. The van der Waals surface area contributed by atoms with Crippen molar-refractivity contribution in [2.24, 2.45) is 5.73 Å². The molecule has 0 heterocycles. The van der Waals surface area contributed by atoms with E-state index in [1.807, 2.05) is 24.5 Å². The number of nitrogens with two attached hydrogens (primary N) is 1. The number of thioether (sulfide) groups is 1. The average molecular weight is 407 g/mol. The van der Waals surface area contributed by atoms with E-state index in [0.29, 0.717) is 11.3 Å². The summed E-state index contributed by atoms with van der Waals surface area (Å²) in [4.78, 5) is 25.0. The molecule has 28 heavy (non-hydrogen) atoms. The van der Waals surface area contributed by atoms with Gasteiger partial charge in [-0.3, -0.25) is 14.5 Å². The monoisotopic (exact) mass is 406 g/mol. The maximum Gasteiger partial charge on any atom is 0.266 e. The molecular formula is C22H34N2O3S. The van der Waals surface area contributed by atoms with Crippen LogP contribution in [0.1, 0.15) is 51.0 Å². The molecule has 0 saturated carbocycles. The molecule has 1 aromatic carbocycles. The van der Waals surface area contributed by atoms with Gasteiger partial charge in [0.1, 0.15) is 5.75 Å². The lowest BCUT2D eigenvalue weighted by molar-refractivity contribution is -0.134. The van der Waals surface area contributed by atoms with Gasteiger partial charge >= 0.3 is 0 Å². The molecule has 0 aliphatic rings. The summed E-state index contributed by atoms with van der Waals surface area (Å²) in [6.45, 7) is 3.48. The Morgan fingerprint density at radius 1 is 1.18 bits per heavy atom. The van der Waals surface area contributed by atoms with E-state index in [0.717, 1.165) is 36.5 Å². The third-order valence-electron chi connectivity index (χ3n) is 4.39. The van der Waals surface area contributed by atoms with E-state index in [1.54, 1.807) is 0 Å². The van der Waals surface area contributed by atoms with Gasteiger partial charge in [0.15, 0.2) is 0 Å². The second kappa shape index (κ2) is 15.2. The van der Waals surface area contributed by atoms with Gasteiger partial charge < -0.3 is 10.5 Å². The number of ether oxygens (including phenoxy) is 1. The molecule has 0 fully saturated rings. The smallest absolute Gasteiger partial charge is 0.266 e. The van der Waals surface area contributed by atoms with Gasteiger partial charge in [0.2, 0.25) is 6.41 Å². The Labute approximate surface area is 173 Å². The highest BCUT2D eigenvalue weighted by Gasteiger charge is 2.16. The van der Waals surface area contributed by atoms with Crippen LogP contribution in [0.4, 0.5) is 0 Å². The molecule has 1 rings (SSSR count). The highest BCUT2D eigenvalue weighted by Crippen LogP contribution is 2.18. The van der Waals surface area contributed by atoms with Crippen LogP contribution in [-0.4, -0.2) is 43.2 Å². The number of aryl methyl sites for hydroxylation is 1. The van der Waals surface area contributed by atoms with E-state index in [-0.39, 0.29) is 19.0 Å². The fraction of sp³-hybridized carbons (Fsp3) is 0.545. The Bertz CT molecular complexity index is 602. The molecule has 0 unspecified atom stereocenters. The number of allylic oxidation sites excluding steroid dienone is 1. The van der Waals surface area contributed by atoms with Crippen molar-refractivity contribution in [3.05, 3.63) is 40.8 Å². The van der Waals surface area contributed by atoms with E-state index in [1.165, 1.54) is 43.0 Å². The number of hydrogen-bond donors (Lipinski definition) is 1. The first-order chi connectivity index (χ1) is 13.7. The molecule has 0 radical (unpaired) electrons. The van der Waals surface area contributed by atoms with Crippen LogP contribution in [0.25, 0.3) is 0 Å². The highest BCUT2D eigenvalue weighted by atomic mass is 32.2. The third-order valence-corrected chi connectivity index (χ3v) is 5.17. The molecule has 0 aliphatic carbocycles. The van der Waals surface area contributed by atoms with Gasteiger partial charge in [-0.15, -0.1) is 11.8 Å². The molecule has 2 amide bonds. The second-order valence-corrected chi connectivity index (χ2v) is 7.46. The zero-order chi connectivity index (χ0) is 20.6. The van der Waals surface area contributed by atoms with Crippen LogP contribution in [0.5, 0.6) is 5.75 Å². The summed E-state index contributed by atoms with van der Waals surface area (Å²) in [5, 5.41) is 0. The highest BCUT2D eigenvalue weighted by molar-refractivity contribution is 8.03. The van der Waals surface area contributed by atoms with E-state index in [4.69, 9.17) is 10.5 Å². The molecule has 1 aromatic rings. The minimum absolute atomic E-state index is 0.236. The molecule has 5 nitrogen and oxygen atoms in total. The Hall–Kier alpha value is -1.79. The molecule has 2 N–H and O–H groups in total. The zero-order valence-corrected chi connectivity index (χ0v) is 18.0. The minimum Gasteiger partial charge on any atom is -0.494 e. The van der Waals surface area contributed by atoms with Gasteiger partial charge in [-0.25, -0.2) is 0 Å². The van der Waals surface area contributed by atoms with Crippen molar-refractivity contribution >= 4 is 24.1 Å². The lowest BCUT2D eigenvalue weighted by atomic mass is 10.1. The van der Waals surface area contributed by atoms with Gasteiger partial charge in [-0.05, 0) is 43.2 Å². The first-order valence-electron chi connectivity index (χ1n) is 10.1. The van der Waals surface area contributed by atoms with Crippen molar-refractivity contribution < 1.29 is 14.3 Å². The standard InChI is InChI=1S/C22H34N2O3S/c1-3-4-5-6-7-17-27-20-13-11-19(12-14-20)9-8-10-21(28-2)22(26)24(18-25)16-15-23/h10-14,18H,3-9,15-17,23H2,1-2H3/b21-10-. The largest absolute Gasteiger partial charge is 0.494 e. The summed E-state index contributed by atoms with van der Waals surface area (Å²) in [6.07, 6.45) is 12.0. The topological polar surface area (TPSA) is 72.6 Å². The summed E-state index contributed by atoms with van der Waals surface area (Å²) in [6, 6.07) is 8.13. The number of carbonyl (C=O) groups excluding carboxylic acids is 2. The van der Waals surface area contributed by atoms with Crippen LogP contribution in [0.3, 0.4) is 0 Å². The Morgan fingerprint density at radius 3 is 2.50 bits per heavy atom. The van der Waals surface area contributed by atoms with Crippen LogP contribution in [0.2, 0.25) is 0 Å². The molecule has 0 aromatic heterocycles. The molecule has 0 spiro atoms. The van der Waals surface area contributed by atoms with E-state index >= 15 is 0 Å². The van der Waals surface area contributed by atoms with E-state index < -0.39 is 0 Å². The number of benzene rings is 1. The number of carbonyl (C=O) groups is 2. The second-order valence-electron chi connectivity index (χ2n) is 6.61. The molecule has 0 atom stereocenters. The lowest BCUT2D eigenvalue weighted by Gasteiger charge is -2.15. The Morgan fingerprint density at radius 2 is 1.89 bits per heavy atom. The van der Waals surface area contributed by atoms with Crippen LogP contribution >= 0.6 is 11.8 Å². The fourth-order valence-electron chi connectivity index (χ4n) is 2.76. The quantitative estimate of drug-likeness (QED) is 0.269. The van der Waals surface area contributed by atoms with Crippen molar-refractivity contribution in [3.8, 4) is 5.75 Å². The number of amides is 2. The lowest BCUT2D eigenvalue weighted by Crippen LogP contribution is -2.34. The predicted molar refractivity (Wildman–Crippen MR) is 117 cm³/mol. The summed E-state index contributed by atoms with van der Waals surface area (Å²) in [5.74, 6) is 0.619. The van der Waals surface area contributed by atoms with Crippen molar-refractivity contribution in [2.45, 2.75) is 51.9 Å². The van der Waals surface area contributed by atoms with Gasteiger partial charge in [-0.2, -0.15) is 0 Å². The minimum atomic E-state index is -0.282. The first kappa shape index (κ1) is 24.2. The van der Waals surface area contributed by atoms with Gasteiger partial charge in [0.25, 0.3) is 5.91 Å². The van der Waals surface area contributed by atoms with E-state index in [9.17, 15) is 9.59 Å². The van der Waals surface area contributed by atoms with Crippen LogP contribution in [0.15, 0.2) is 35.2 Å². The Balaban J connectivity index is 2.43. The Kier molecular flexibility index (Phi) is 13.1. The molecule has 0 bridgehead atoms. The third kappa shape index (κ3) is 9.42. The van der Waals surface area contributed by atoms with Crippen LogP contribution in [0, 0.1) is 0 Å². The van der Waals surface area contributed by atoms with Crippen molar-refractivity contribution in [2.75, 3.05) is 26.0 Å². The number of unbranched alkanes of at least 4 members (excludes halogenated alkanes) is 4. The maximum atomic E-state index is 12.3. The predicted octanol–water partition coefficient (Wildman–Crippen LogP) is 4.16. The van der Waals surface area contributed by atoms with Gasteiger partial charge in [-0.1, -0.05) is 50.8 Å². The summed E-state index contributed by atoms with van der Waals surface area (Å²) in [5.41, 5.74) is 6.63. The van der Waals surface area contributed by atoms with Crippen molar-refractivity contribution in [1.29, 1.82) is 0 Å². The average Bonchev–Trinajstić information content (AvgIpc) is 2.72. The summed E-state index contributed by atoms with van der Waals surface area (Å²) < 4.78 is 5.79. The molecular weight excluding hydrogens is 372 g/mol. The van der Waals surface area contributed by atoms with Gasteiger partial charge in [0.05, 0.1) is 11.5 Å². The normalized spacial score (nSPS) is 11.3. The number of rotatable bonds is 15. The number of hydrogen-bond acceptors (Lipinski definition) is 5. The summed E-state index contributed by atoms with van der Waals surface area (Å²) in [7, 11) is 0. The first-order valence-corrected chi connectivity index (χ1v) is 11.3. The number of imide groups is 1. The fourth-order valence-corrected chi connectivity index (χ4v) is 3.33. The molecule has 0 aliphatic heterocycles. The zero-order valence-electron chi connectivity index (χ0n) is 17.2. The molecule has 6 heteroatoms.